The van der Waals surface area contributed by atoms with Crippen molar-refractivity contribution in [3.63, 3.8) is 0 Å². The van der Waals surface area contributed by atoms with Crippen molar-refractivity contribution in [3.05, 3.63) is 102 Å². The summed E-state index contributed by atoms with van der Waals surface area (Å²) >= 11 is 0. The normalized spacial score (nSPS) is 23.5. The maximum absolute atomic E-state index is 13.1. The lowest BCUT2D eigenvalue weighted by Crippen LogP contribution is -2.30. The topological polar surface area (TPSA) is 58.6 Å². The molecule has 35 heavy (non-hydrogen) atoms. The summed E-state index contributed by atoms with van der Waals surface area (Å²) < 4.78 is 33.9. The smallest absolute Gasteiger partial charge is 0.243 e. The summed E-state index contributed by atoms with van der Waals surface area (Å²) in [5.74, 6) is 1.41. The van der Waals surface area contributed by atoms with Crippen molar-refractivity contribution in [2.75, 3.05) is 18.4 Å². The molecule has 1 aliphatic carbocycles. The van der Waals surface area contributed by atoms with Gasteiger partial charge in [0, 0.05) is 24.7 Å². The average molecular weight is 487 g/mol. The Kier molecular flexibility index (Phi) is 5.86. The summed E-state index contributed by atoms with van der Waals surface area (Å²) in [6.07, 6.45) is 7.34. The van der Waals surface area contributed by atoms with Crippen LogP contribution < -0.4 is 10.1 Å². The molecule has 5 nitrogen and oxygen atoms in total. The van der Waals surface area contributed by atoms with Gasteiger partial charge in [0.05, 0.1) is 10.9 Å². The Morgan fingerprint density at radius 2 is 1.71 bits per heavy atom. The van der Waals surface area contributed by atoms with Gasteiger partial charge in [0.25, 0.3) is 0 Å². The van der Waals surface area contributed by atoms with Crippen LogP contribution in [0.2, 0.25) is 0 Å². The number of rotatable bonds is 6. The van der Waals surface area contributed by atoms with E-state index in [2.05, 4.69) is 41.7 Å². The molecule has 0 radical (unpaired) electrons. The molecule has 2 heterocycles. The molecule has 1 fully saturated rings. The van der Waals surface area contributed by atoms with E-state index in [1.165, 1.54) is 5.56 Å². The van der Waals surface area contributed by atoms with Gasteiger partial charge in [-0.25, -0.2) is 8.42 Å². The first-order valence-corrected chi connectivity index (χ1v) is 13.9. The van der Waals surface area contributed by atoms with Gasteiger partial charge in [-0.05, 0) is 72.2 Å². The van der Waals surface area contributed by atoms with Gasteiger partial charge in [0.2, 0.25) is 10.0 Å². The van der Waals surface area contributed by atoms with E-state index in [0.29, 0.717) is 30.5 Å². The standard InChI is InChI=1S/C29H30N2O3S/c32-35(33,31-17-4-5-18-31)24-15-16-28-27(19-24)25-9-6-10-26(25)29(30-28)22-11-13-23(14-12-22)34-20-21-7-2-1-3-8-21/h1-3,6-9,11-16,19,25-26,29-30H,4-5,10,17-18,20H2. The summed E-state index contributed by atoms with van der Waals surface area (Å²) in [6.45, 7) is 1.79. The third kappa shape index (κ3) is 4.26. The first-order chi connectivity index (χ1) is 17.1. The first-order valence-electron chi connectivity index (χ1n) is 12.4. The number of nitrogens with one attached hydrogen (secondary N) is 1. The first kappa shape index (κ1) is 22.4. The maximum Gasteiger partial charge on any atom is 0.243 e. The molecule has 0 saturated carbocycles. The highest BCUT2D eigenvalue weighted by Crippen LogP contribution is 2.50. The fourth-order valence-electron chi connectivity index (χ4n) is 5.65. The number of hydrogen-bond acceptors (Lipinski definition) is 4. The third-order valence-electron chi connectivity index (χ3n) is 7.52. The van der Waals surface area contributed by atoms with E-state index in [0.717, 1.165) is 41.8 Å². The minimum atomic E-state index is -3.43. The molecule has 3 unspecified atom stereocenters. The van der Waals surface area contributed by atoms with Crippen LogP contribution in [-0.4, -0.2) is 25.8 Å². The van der Waals surface area contributed by atoms with E-state index in [9.17, 15) is 8.42 Å². The van der Waals surface area contributed by atoms with Crippen LogP contribution in [0.5, 0.6) is 5.75 Å². The van der Waals surface area contributed by atoms with Gasteiger partial charge >= 0.3 is 0 Å². The van der Waals surface area contributed by atoms with Gasteiger partial charge in [-0.3, -0.25) is 0 Å². The molecule has 0 aromatic heterocycles. The molecule has 6 rings (SSSR count). The Bertz CT molecular complexity index is 1330. The number of fused-ring (bicyclic) bond motifs is 3. The number of allylic oxidation sites excluding steroid dienone is 2. The van der Waals surface area contributed by atoms with Crippen LogP contribution in [0, 0.1) is 5.92 Å². The van der Waals surface area contributed by atoms with Crippen LogP contribution in [0.25, 0.3) is 0 Å². The van der Waals surface area contributed by atoms with E-state index in [1.54, 1.807) is 10.4 Å². The van der Waals surface area contributed by atoms with Crippen LogP contribution in [0.3, 0.4) is 0 Å². The predicted molar refractivity (Wildman–Crippen MR) is 138 cm³/mol. The minimum absolute atomic E-state index is 0.159. The molecular weight excluding hydrogens is 456 g/mol. The lowest BCUT2D eigenvalue weighted by Gasteiger charge is -2.38. The molecule has 180 valence electrons. The molecule has 3 aromatic carbocycles. The van der Waals surface area contributed by atoms with Gasteiger partial charge in [-0.2, -0.15) is 4.31 Å². The highest BCUT2D eigenvalue weighted by Gasteiger charge is 2.39. The molecule has 3 aromatic rings. The summed E-state index contributed by atoms with van der Waals surface area (Å²) in [4.78, 5) is 0.414. The maximum atomic E-state index is 13.1. The highest BCUT2D eigenvalue weighted by molar-refractivity contribution is 7.89. The van der Waals surface area contributed by atoms with E-state index in [4.69, 9.17) is 4.74 Å². The summed E-state index contributed by atoms with van der Waals surface area (Å²) in [6, 6.07) is 24.3. The van der Waals surface area contributed by atoms with Crippen molar-refractivity contribution in [1.82, 2.24) is 4.31 Å². The second kappa shape index (κ2) is 9.17. The molecule has 3 aliphatic rings. The lowest BCUT2D eigenvalue weighted by molar-refractivity contribution is 0.306. The zero-order chi connectivity index (χ0) is 23.8. The fraction of sp³-hybridized carbons (Fsp3) is 0.310. The van der Waals surface area contributed by atoms with Crippen LogP contribution in [0.1, 0.15) is 47.9 Å². The molecule has 3 atom stereocenters. The second-order valence-corrected chi connectivity index (χ2v) is 11.6. The monoisotopic (exact) mass is 486 g/mol. The number of benzene rings is 3. The highest BCUT2D eigenvalue weighted by atomic mass is 32.2. The molecule has 1 saturated heterocycles. The van der Waals surface area contributed by atoms with Crippen LogP contribution >= 0.6 is 0 Å². The number of nitrogens with zero attached hydrogens (tertiary/aromatic N) is 1. The molecule has 0 spiro atoms. The van der Waals surface area contributed by atoms with Gasteiger partial charge < -0.3 is 10.1 Å². The van der Waals surface area contributed by atoms with Crippen molar-refractivity contribution in [2.45, 2.75) is 42.7 Å². The van der Waals surface area contributed by atoms with Crippen LogP contribution in [-0.2, 0) is 16.6 Å². The second-order valence-electron chi connectivity index (χ2n) is 9.68. The predicted octanol–water partition coefficient (Wildman–Crippen LogP) is 5.88. The molecule has 1 N–H and O–H groups in total. The SMILES string of the molecule is O=S(=O)(c1ccc2c(c1)C1C=CCC1C(c1ccc(OCc3ccccc3)cc1)N2)N1CCCC1. The largest absolute Gasteiger partial charge is 0.489 e. The molecule has 6 heteroatoms. The van der Waals surface area contributed by atoms with Crippen molar-refractivity contribution in [2.24, 2.45) is 5.92 Å². The minimum Gasteiger partial charge on any atom is -0.489 e. The number of ether oxygens (including phenoxy) is 1. The van der Waals surface area contributed by atoms with E-state index >= 15 is 0 Å². The Morgan fingerprint density at radius 3 is 2.49 bits per heavy atom. The van der Waals surface area contributed by atoms with Gasteiger partial charge in [0.15, 0.2) is 0 Å². The quantitative estimate of drug-likeness (QED) is 0.442. The fourth-order valence-corrected chi connectivity index (χ4v) is 7.21. The number of sulfonamides is 1. The van der Waals surface area contributed by atoms with Crippen molar-refractivity contribution >= 4 is 15.7 Å². The van der Waals surface area contributed by atoms with Crippen LogP contribution in [0.15, 0.2) is 89.8 Å². The lowest BCUT2D eigenvalue weighted by atomic mass is 9.77. The summed E-state index contributed by atoms with van der Waals surface area (Å²) in [5, 5.41) is 3.72. The van der Waals surface area contributed by atoms with Crippen molar-refractivity contribution in [1.29, 1.82) is 0 Å². The number of hydrogen-bond donors (Lipinski definition) is 1. The summed E-state index contributed by atoms with van der Waals surface area (Å²) in [5.41, 5.74) is 4.47. The third-order valence-corrected chi connectivity index (χ3v) is 9.42. The average Bonchev–Trinajstić information content (AvgIpc) is 3.61. The zero-order valence-electron chi connectivity index (χ0n) is 19.6. The van der Waals surface area contributed by atoms with E-state index < -0.39 is 10.0 Å². The Hall–Kier alpha value is -3.09. The van der Waals surface area contributed by atoms with Gasteiger partial charge in [-0.15, -0.1) is 0 Å². The van der Waals surface area contributed by atoms with Crippen molar-refractivity contribution in [3.8, 4) is 5.75 Å². The van der Waals surface area contributed by atoms with Gasteiger partial charge in [-0.1, -0.05) is 54.6 Å². The molecule has 0 bridgehead atoms. The molecule has 0 amide bonds. The van der Waals surface area contributed by atoms with E-state index in [1.807, 2.05) is 42.5 Å². The van der Waals surface area contributed by atoms with Gasteiger partial charge in [0.1, 0.15) is 12.4 Å². The Balaban J connectivity index is 1.23. The zero-order valence-corrected chi connectivity index (χ0v) is 20.5. The summed E-state index contributed by atoms with van der Waals surface area (Å²) in [7, 11) is -3.43. The van der Waals surface area contributed by atoms with Crippen molar-refractivity contribution < 1.29 is 13.2 Å². The Labute approximate surface area is 207 Å². The molecule has 2 aliphatic heterocycles. The molecular formula is C29H30N2O3S. The van der Waals surface area contributed by atoms with E-state index in [-0.39, 0.29) is 12.0 Å². The number of anilines is 1. The van der Waals surface area contributed by atoms with Crippen LogP contribution in [0.4, 0.5) is 5.69 Å². The Morgan fingerprint density at radius 1 is 0.943 bits per heavy atom.